The number of anilines is 4. The number of rotatable bonds is 16. The third-order valence-electron chi connectivity index (χ3n) is 7.41. The molecule has 234 valence electrons. The first-order valence-electron chi connectivity index (χ1n) is 15.6. The molecule has 4 N–H and O–H groups in total. The summed E-state index contributed by atoms with van der Waals surface area (Å²) in [5.74, 6) is -0.0257. The van der Waals surface area contributed by atoms with Crippen LogP contribution in [-0.4, -0.2) is 33.6 Å². The van der Waals surface area contributed by atoms with Crippen LogP contribution < -0.4 is 21.3 Å². The van der Waals surface area contributed by atoms with E-state index in [1.807, 2.05) is 13.8 Å². The van der Waals surface area contributed by atoms with E-state index < -0.39 is 11.8 Å². The number of aromatic nitrogens is 2. The maximum absolute atomic E-state index is 13.0. The predicted molar refractivity (Wildman–Crippen MR) is 175 cm³/mol. The Labute approximate surface area is 259 Å². The molecule has 3 aromatic rings. The van der Waals surface area contributed by atoms with Gasteiger partial charge in [-0.25, -0.2) is 9.97 Å². The number of hydrogen-bond donors (Lipinski definition) is 4. The summed E-state index contributed by atoms with van der Waals surface area (Å²) in [5, 5.41) is 11.2. The average Bonchev–Trinajstić information content (AvgIpc) is 3.02. The van der Waals surface area contributed by atoms with Gasteiger partial charge in [0.15, 0.2) is 0 Å². The van der Waals surface area contributed by atoms with E-state index in [1.54, 1.807) is 54.6 Å². The maximum Gasteiger partial charge on any atom is 0.256 e. The van der Waals surface area contributed by atoms with Gasteiger partial charge in [-0.2, -0.15) is 0 Å². The van der Waals surface area contributed by atoms with Crippen LogP contribution in [0.2, 0.25) is 0 Å². The zero-order valence-electron chi connectivity index (χ0n) is 26.1. The molecule has 0 saturated carbocycles. The Morgan fingerprint density at radius 2 is 0.932 bits per heavy atom. The zero-order valence-corrected chi connectivity index (χ0v) is 26.1. The van der Waals surface area contributed by atoms with Crippen molar-refractivity contribution >= 4 is 46.9 Å². The first-order valence-corrected chi connectivity index (χ1v) is 15.6. The number of hydrogen-bond acceptors (Lipinski definition) is 6. The Morgan fingerprint density at radius 1 is 0.568 bits per heavy atom. The van der Waals surface area contributed by atoms with Crippen molar-refractivity contribution < 1.29 is 19.2 Å². The molecule has 2 heterocycles. The van der Waals surface area contributed by atoms with Crippen LogP contribution in [0.3, 0.4) is 0 Å². The molecular formula is C34H44N6O4. The van der Waals surface area contributed by atoms with Crippen molar-refractivity contribution in [3.63, 3.8) is 0 Å². The molecule has 0 aliphatic heterocycles. The molecule has 10 heteroatoms. The van der Waals surface area contributed by atoms with Gasteiger partial charge < -0.3 is 21.3 Å². The first kappa shape index (κ1) is 33.9. The molecule has 1 aromatic carbocycles. The van der Waals surface area contributed by atoms with Crippen LogP contribution in [-0.2, 0) is 9.59 Å². The second-order valence-corrected chi connectivity index (χ2v) is 10.8. The first-order chi connectivity index (χ1) is 21.3. The molecule has 10 nitrogen and oxygen atoms in total. The van der Waals surface area contributed by atoms with Crippen molar-refractivity contribution in [2.24, 2.45) is 11.8 Å². The lowest BCUT2D eigenvalue weighted by atomic mass is 9.98. The highest BCUT2D eigenvalue weighted by Crippen LogP contribution is 2.19. The Balaban J connectivity index is 1.63. The highest BCUT2D eigenvalue weighted by atomic mass is 16.2. The molecule has 0 bridgehead atoms. The molecule has 2 aromatic heterocycles. The normalized spacial score (nSPS) is 12.1. The van der Waals surface area contributed by atoms with Gasteiger partial charge in [-0.05, 0) is 68.1 Å². The summed E-state index contributed by atoms with van der Waals surface area (Å²) in [6.07, 6.45) is 7.11. The van der Waals surface area contributed by atoms with Crippen LogP contribution in [0.1, 0.15) is 99.8 Å². The SMILES string of the molecule is CCCCC(CC)C(=O)Nc1cccc(NC(=O)c2cccc(C(=O)Nc3cccc(NC(=O)C(CC)CCCC)n3)c2)n1. The third kappa shape index (κ3) is 10.3. The molecule has 3 rings (SSSR count). The highest BCUT2D eigenvalue weighted by Gasteiger charge is 2.18. The standard InChI is InChI=1S/C34H44N6O4/c1-5-9-14-23(7-3)31(41)37-27-18-12-20-29(35-27)39-33(43)25-16-11-17-26(22-25)34(44)40-30-21-13-19-28(36-30)38-32(42)24(8-4)15-10-6-2/h11-13,16-24H,5-10,14-15H2,1-4H3,(H2,35,37,39,41,43)(H2,36,38,40,42,44). The second-order valence-electron chi connectivity index (χ2n) is 10.8. The minimum absolute atomic E-state index is 0.0878. The topological polar surface area (TPSA) is 142 Å². The molecule has 0 saturated heterocycles. The van der Waals surface area contributed by atoms with Crippen LogP contribution >= 0.6 is 0 Å². The van der Waals surface area contributed by atoms with Crippen molar-refractivity contribution in [3.05, 3.63) is 71.8 Å². The summed E-state index contributed by atoms with van der Waals surface area (Å²) in [7, 11) is 0. The predicted octanol–water partition coefficient (Wildman–Crippen LogP) is 7.29. The number of nitrogens with one attached hydrogen (secondary N) is 4. The Morgan fingerprint density at radius 3 is 1.30 bits per heavy atom. The highest BCUT2D eigenvalue weighted by molar-refractivity contribution is 6.08. The van der Waals surface area contributed by atoms with Gasteiger partial charge in [-0.3, -0.25) is 19.2 Å². The molecule has 0 fully saturated rings. The third-order valence-corrected chi connectivity index (χ3v) is 7.41. The molecule has 0 spiro atoms. The number of benzene rings is 1. The summed E-state index contributed by atoms with van der Waals surface area (Å²) >= 11 is 0. The molecule has 2 unspecified atom stereocenters. The Hall–Kier alpha value is -4.60. The lowest BCUT2D eigenvalue weighted by molar-refractivity contribution is -0.121. The van der Waals surface area contributed by atoms with Crippen LogP contribution in [0.25, 0.3) is 0 Å². The molecule has 0 aliphatic carbocycles. The van der Waals surface area contributed by atoms with Crippen LogP contribution in [0.15, 0.2) is 60.7 Å². The molecule has 0 radical (unpaired) electrons. The summed E-state index contributed by atoms with van der Waals surface area (Å²) < 4.78 is 0. The summed E-state index contributed by atoms with van der Waals surface area (Å²) in [6.45, 7) is 8.17. The monoisotopic (exact) mass is 600 g/mol. The zero-order chi connectivity index (χ0) is 31.9. The van der Waals surface area contributed by atoms with E-state index in [0.29, 0.717) is 11.6 Å². The fourth-order valence-corrected chi connectivity index (χ4v) is 4.73. The van der Waals surface area contributed by atoms with Gasteiger partial charge in [0.05, 0.1) is 0 Å². The van der Waals surface area contributed by atoms with Gasteiger partial charge in [0.2, 0.25) is 11.8 Å². The quantitative estimate of drug-likeness (QED) is 0.136. The lowest BCUT2D eigenvalue weighted by Gasteiger charge is -2.15. The Bertz CT molecular complexity index is 1320. The fraction of sp³-hybridized carbons (Fsp3) is 0.412. The van der Waals surface area contributed by atoms with E-state index in [-0.39, 0.29) is 46.4 Å². The smallest absolute Gasteiger partial charge is 0.256 e. The Kier molecular flexibility index (Phi) is 13.5. The molecular weight excluding hydrogens is 556 g/mol. The van der Waals surface area contributed by atoms with E-state index in [2.05, 4.69) is 45.1 Å². The second kappa shape index (κ2) is 17.5. The molecule has 44 heavy (non-hydrogen) atoms. The number of carbonyl (C=O) groups excluding carboxylic acids is 4. The van der Waals surface area contributed by atoms with Crippen LogP contribution in [0.5, 0.6) is 0 Å². The van der Waals surface area contributed by atoms with Gasteiger partial charge in [0.25, 0.3) is 11.8 Å². The van der Waals surface area contributed by atoms with E-state index in [9.17, 15) is 19.2 Å². The van der Waals surface area contributed by atoms with E-state index >= 15 is 0 Å². The summed E-state index contributed by atoms with van der Waals surface area (Å²) in [5.41, 5.74) is 0.511. The minimum Gasteiger partial charge on any atom is -0.310 e. The fourth-order valence-electron chi connectivity index (χ4n) is 4.73. The van der Waals surface area contributed by atoms with Crippen LogP contribution in [0.4, 0.5) is 23.3 Å². The lowest BCUT2D eigenvalue weighted by Crippen LogP contribution is -2.23. The van der Waals surface area contributed by atoms with Gasteiger partial charge in [0.1, 0.15) is 23.3 Å². The van der Waals surface area contributed by atoms with E-state index in [0.717, 1.165) is 51.4 Å². The number of nitrogens with zero attached hydrogens (tertiary/aromatic N) is 2. The van der Waals surface area contributed by atoms with Gasteiger partial charge in [-0.1, -0.05) is 71.6 Å². The van der Waals surface area contributed by atoms with Gasteiger partial charge in [0, 0.05) is 23.0 Å². The number of amides is 4. The number of pyridine rings is 2. The average molecular weight is 601 g/mol. The van der Waals surface area contributed by atoms with E-state index in [4.69, 9.17) is 0 Å². The summed E-state index contributed by atoms with van der Waals surface area (Å²) in [6, 6.07) is 16.3. The summed E-state index contributed by atoms with van der Waals surface area (Å²) in [4.78, 5) is 60.1. The minimum atomic E-state index is -0.457. The van der Waals surface area contributed by atoms with E-state index in [1.165, 1.54) is 6.07 Å². The van der Waals surface area contributed by atoms with Crippen LogP contribution in [0, 0.1) is 11.8 Å². The largest absolute Gasteiger partial charge is 0.310 e. The molecule has 4 amide bonds. The van der Waals surface area contributed by atoms with Crippen molar-refractivity contribution in [2.75, 3.05) is 21.3 Å². The van der Waals surface area contributed by atoms with Crippen molar-refractivity contribution in [1.82, 2.24) is 9.97 Å². The van der Waals surface area contributed by atoms with Gasteiger partial charge >= 0.3 is 0 Å². The van der Waals surface area contributed by atoms with Crippen molar-refractivity contribution in [2.45, 2.75) is 79.1 Å². The van der Waals surface area contributed by atoms with Crippen molar-refractivity contribution in [3.8, 4) is 0 Å². The molecule has 0 aliphatic rings. The maximum atomic E-state index is 13.0. The van der Waals surface area contributed by atoms with Gasteiger partial charge in [-0.15, -0.1) is 0 Å². The number of carbonyl (C=O) groups is 4. The molecule has 2 atom stereocenters. The number of unbranched alkanes of at least 4 members (excludes halogenated alkanes) is 2. The van der Waals surface area contributed by atoms with Crippen molar-refractivity contribution in [1.29, 1.82) is 0 Å².